The smallest absolute Gasteiger partial charge is 0.310 e. The molecule has 0 heterocycles. The molecule has 2 N–H and O–H groups in total. The van der Waals surface area contributed by atoms with E-state index in [0.717, 1.165) is 12.0 Å². The average molecular weight is 321 g/mol. The van der Waals surface area contributed by atoms with Crippen LogP contribution >= 0.6 is 0 Å². The minimum absolute atomic E-state index is 0.0367. The number of benzene rings is 1. The van der Waals surface area contributed by atoms with Crippen molar-refractivity contribution >= 4 is 11.9 Å². The van der Waals surface area contributed by atoms with Crippen LogP contribution in [0.5, 0.6) is 5.75 Å². The molecule has 0 radical (unpaired) electrons. The second kappa shape index (κ2) is 7.97. The fraction of sp³-hybridized carbons (Fsp3) is 0.529. The second-order valence-corrected chi connectivity index (χ2v) is 5.84. The van der Waals surface area contributed by atoms with E-state index in [1.54, 1.807) is 7.11 Å². The van der Waals surface area contributed by atoms with Crippen LogP contribution in [-0.2, 0) is 20.9 Å². The number of carboxylic acid groups (broad SMARTS) is 1. The fourth-order valence-corrected chi connectivity index (χ4v) is 2.66. The number of para-hydroxylation sites is 1. The molecule has 1 amide bonds. The van der Waals surface area contributed by atoms with Gasteiger partial charge in [-0.2, -0.15) is 0 Å². The lowest BCUT2D eigenvalue weighted by Crippen LogP contribution is -2.42. The maximum atomic E-state index is 12.1. The predicted molar refractivity (Wildman–Crippen MR) is 84.2 cm³/mol. The largest absolute Gasteiger partial charge is 0.491 e. The zero-order valence-corrected chi connectivity index (χ0v) is 13.3. The van der Waals surface area contributed by atoms with Gasteiger partial charge in [-0.05, 0) is 18.9 Å². The van der Waals surface area contributed by atoms with E-state index >= 15 is 0 Å². The molecule has 1 aromatic carbocycles. The van der Waals surface area contributed by atoms with Crippen molar-refractivity contribution in [1.82, 2.24) is 5.32 Å². The summed E-state index contributed by atoms with van der Waals surface area (Å²) in [4.78, 5) is 23.4. The van der Waals surface area contributed by atoms with E-state index in [9.17, 15) is 14.7 Å². The normalized spacial score (nSPS) is 15.5. The molecule has 126 valence electrons. The molecule has 1 aliphatic carbocycles. The van der Waals surface area contributed by atoms with Gasteiger partial charge in [0.15, 0.2) is 0 Å². The van der Waals surface area contributed by atoms with Gasteiger partial charge in [0.2, 0.25) is 5.91 Å². The fourth-order valence-electron chi connectivity index (χ4n) is 2.66. The molecular weight excluding hydrogens is 298 g/mol. The van der Waals surface area contributed by atoms with Crippen molar-refractivity contribution in [1.29, 1.82) is 0 Å². The Hall–Kier alpha value is -2.08. The first kappa shape index (κ1) is 17.3. The summed E-state index contributed by atoms with van der Waals surface area (Å²) in [6.07, 6.45) is 2.06. The Kier molecular flexibility index (Phi) is 5.98. The van der Waals surface area contributed by atoms with Crippen LogP contribution in [0.25, 0.3) is 0 Å². The van der Waals surface area contributed by atoms with Crippen LogP contribution in [0.15, 0.2) is 24.3 Å². The zero-order valence-electron chi connectivity index (χ0n) is 13.3. The lowest BCUT2D eigenvalue weighted by molar-refractivity contribution is -0.157. The molecule has 0 bridgehead atoms. The Morgan fingerprint density at radius 3 is 2.61 bits per heavy atom. The highest BCUT2D eigenvalue weighted by atomic mass is 16.5. The molecule has 1 aromatic rings. The minimum Gasteiger partial charge on any atom is -0.491 e. The minimum atomic E-state index is -0.873. The van der Waals surface area contributed by atoms with Crippen LogP contribution in [0.1, 0.15) is 31.2 Å². The van der Waals surface area contributed by atoms with E-state index in [0.29, 0.717) is 38.3 Å². The van der Waals surface area contributed by atoms with Gasteiger partial charge >= 0.3 is 5.97 Å². The molecular formula is C17H23NO5. The number of ether oxygens (including phenoxy) is 2. The molecule has 1 fully saturated rings. The van der Waals surface area contributed by atoms with Gasteiger partial charge in [0.25, 0.3) is 0 Å². The lowest BCUT2D eigenvalue weighted by atomic mass is 9.66. The van der Waals surface area contributed by atoms with Gasteiger partial charge in [-0.25, -0.2) is 0 Å². The van der Waals surface area contributed by atoms with Crippen LogP contribution in [0.3, 0.4) is 0 Å². The van der Waals surface area contributed by atoms with Crippen molar-refractivity contribution in [2.24, 2.45) is 5.41 Å². The molecule has 0 unspecified atom stereocenters. The Bertz CT molecular complexity index is 554. The standard InChI is InChI=1S/C17H23NO5/c1-22-9-10-23-14-6-3-2-5-13(14)12-18-15(19)11-17(16(20)21)7-4-8-17/h2-3,5-6H,4,7-12H2,1H3,(H,18,19)(H,20,21). The molecule has 2 rings (SSSR count). The summed E-state index contributed by atoms with van der Waals surface area (Å²) in [5.74, 6) is -0.414. The van der Waals surface area contributed by atoms with Gasteiger partial charge in [0.05, 0.1) is 12.0 Å². The highest BCUT2D eigenvalue weighted by molar-refractivity contribution is 5.85. The van der Waals surface area contributed by atoms with E-state index in [4.69, 9.17) is 9.47 Å². The van der Waals surface area contributed by atoms with Gasteiger partial charge in [-0.1, -0.05) is 24.6 Å². The molecule has 0 aromatic heterocycles. The molecule has 6 nitrogen and oxygen atoms in total. The Labute approximate surface area is 135 Å². The van der Waals surface area contributed by atoms with Crippen molar-refractivity contribution in [3.05, 3.63) is 29.8 Å². The summed E-state index contributed by atoms with van der Waals surface area (Å²) >= 11 is 0. The number of carbonyl (C=O) groups is 2. The third kappa shape index (κ3) is 4.45. The molecule has 6 heteroatoms. The zero-order chi connectivity index (χ0) is 16.7. The first-order valence-electron chi connectivity index (χ1n) is 7.77. The first-order chi connectivity index (χ1) is 11.1. The third-order valence-electron chi connectivity index (χ3n) is 4.26. The number of rotatable bonds is 9. The van der Waals surface area contributed by atoms with Gasteiger partial charge < -0.3 is 19.9 Å². The Morgan fingerprint density at radius 1 is 1.26 bits per heavy atom. The Balaban J connectivity index is 1.88. The van der Waals surface area contributed by atoms with Crippen LogP contribution in [0.4, 0.5) is 0 Å². The van der Waals surface area contributed by atoms with Crippen molar-refractivity contribution in [3.8, 4) is 5.75 Å². The lowest BCUT2D eigenvalue weighted by Gasteiger charge is -2.36. The molecule has 1 saturated carbocycles. The van der Waals surface area contributed by atoms with Crippen LogP contribution in [0.2, 0.25) is 0 Å². The maximum absolute atomic E-state index is 12.1. The summed E-state index contributed by atoms with van der Waals surface area (Å²) in [6, 6.07) is 7.44. The highest BCUT2D eigenvalue weighted by Crippen LogP contribution is 2.44. The monoisotopic (exact) mass is 321 g/mol. The van der Waals surface area contributed by atoms with Crippen molar-refractivity contribution < 1.29 is 24.2 Å². The molecule has 23 heavy (non-hydrogen) atoms. The Morgan fingerprint density at radius 2 is 2.00 bits per heavy atom. The molecule has 0 saturated heterocycles. The summed E-state index contributed by atoms with van der Waals surface area (Å²) in [5, 5.41) is 12.1. The molecule has 0 spiro atoms. The molecule has 1 aliphatic rings. The predicted octanol–water partition coefficient (Wildman–Crippen LogP) is 1.97. The number of methoxy groups -OCH3 is 1. The van der Waals surface area contributed by atoms with Crippen LogP contribution in [0, 0.1) is 5.41 Å². The number of nitrogens with one attached hydrogen (secondary N) is 1. The van der Waals surface area contributed by atoms with E-state index in [-0.39, 0.29) is 12.3 Å². The topological polar surface area (TPSA) is 84.9 Å². The van der Waals surface area contributed by atoms with Gasteiger partial charge in [-0.15, -0.1) is 0 Å². The number of carboxylic acids is 1. The molecule has 0 aliphatic heterocycles. The number of amides is 1. The number of hydrogen-bond donors (Lipinski definition) is 2. The first-order valence-corrected chi connectivity index (χ1v) is 7.77. The number of carbonyl (C=O) groups excluding carboxylic acids is 1. The van der Waals surface area contributed by atoms with E-state index in [1.165, 1.54) is 0 Å². The van der Waals surface area contributed by atoms with Crippen molar-refractivity contribution in [3.63, 3.8) is 0 Å². The van der Waals surface area contributed by atoms with Crippen LogP contribution in [-0.4, -0.2) is 37.3 Å². The van der Waals surface area contributed by atoms with Crippen molar-refractivity contribution in [2.75, 3.05) is 20.3 Å². The number of aliphatic carboxylic acids is 1. The van der Waals surface area contributed by atoms with E-state index in [1.807, 2.05) is 24.3 Å². The maximum Gasteiger partial charge on any atom is 0.310 e. The summed E-state index contributed by atoms with van der Waals surface area (Å²) < 4.78 is 10.6. The number of hydrogen-bond acceptors (Lipinski definition) is 4. The van der Waals surface area contributed by atoms with Gasteiger partial charge in [-0.3, -0.25) is 9.59 Å². The SMILES string of the molecule is COCCOc1ccccc1CNC(=O)CC1(C(=O)O)CCC1. The van der Waals surface area contributed by atoms with E-state index < -0.39 is 11.4 Å². The second-order valence-electron chi connectivity index (χ2n) is 5.84. The van der Waals surface area contributed by atoms with E-state index in [2.05, 4.69) is 5.32 Å². The summed E-state index contributed by atoms with van der Waals surface area (Å²) in [6.45, 7) is 1.24. The summed E-state index contributed by atoms with van der Waals surface area (Å²) in [7, 11) is 1.61. The summed E-state index contributed by atoms with van der Waals surface area (Å²) in [5.41, 5.74) is -0.00611. The van der Waals surface area contributed by atoms with Crippen LogP contribution < -0.4 is 10.1 Å². The van der Waals surface area contributed by atoms with Crippen molar-refractivity contribution in [2.45, 2.75) is 32.2 Å². The highest BCUT2D eigenvalue weighted by Gasteiger charge is 2.45. The average Bonchev–Trinajstić information content (AvgIpc) is 2.50. The quantitative estimate of drug-likeness (QED) is 0.679. The molecule has 0 atom stereocenters. The third-order valence-corrected chi connectivity index (χ3v) is 4.26. The van der Waals surface area contributed by atoms with Gasteiger partial charge in [0, 0.05) is 25.6 Å². The van der Waals surface area contributed by atoms with Gasteiger partial charge in [0.1, 0.15) is 12.4 Å².